The van der Waals surface area contributed by atoms with Crippen LogP contribution in [0.15, 0.2) is 53.6 Å². The number of sulfonamides is 1. The minimum Gasteiger partial charge on any atom is -0.507 e. The lowest BCUT2D eigenvalue weighted by Gasteiger charge is -2.18. The molecule has 0 radical (unpaired) electrons. The zero-order valence-electron chi connectivity index (χ0n) is 15.4. The molecule has 3 rings (SSSR count). The molecular formula is C19H20FN3O4S. The van der Waals surface area contributed by atoms with Gasteiger partial charge < -0.3 is 10.2 Å². The van der Waals surface area contributed by atoms with Crippen molar-refractivity contribution in [1.82, 2.24) is 14.1 Å². The van der Waals surface area contributed by atoms with Gasteiger partial charge in [-0.05, 0) is 30.7 Å². The summed E-state index contributed by atoms with van der Waals surface area (Å²) in [4.78, 5) is -0.350. The van der Waals surface area contributed by atoms with Gasteiger partial charge in [-0.3, -0.25) is 0 Å². The maximum absolute atomic E-state index is 14.2. The molecule has 9 heteroatoms. The van der Waals surface area contributed by atoms with Crippen LogP contribution in [0.1, 0.15) is 13.3 Å². The molecule has 3 aromatic rings. The van der Waals surface area contributed by atoms with E-state index >= 15 is 0 Å². The maximum Gasteiger partial charge on any atom is 0.246 e. The number of phenolic OH excluding ortho intramolecular Hbond substituents is 2. The SMILES string of the molecule is CCCN(C)S(=O)(=O)c1cc(-c2ccnn2-c2ccccc2F)c(O)cc1O. The van der Waals surface area contributed by atoms with Gasteiger partial charge in [-0.2, -0.15) is 5.10 Å². The molecule has 0 aliphatic heterocycles. The standard InChI is InChI=1S/C19H20FN3O4S/c1-3-10-22(2)28(26,27)19-11-13(17(24)12-18(19)25)15-8-9-21-23(15)16-7-5-4-6-14(16)20/h4-9,11-12,24-25H,3,10H2,1-2H3. The zero-order chi connectivity index (χ0) is 20.5. The Morgan fingerprint density at radius 2 is 1.86 bits per heavy atom. The van der Waals surface area contributed by atoms with Crippen molar-refractivity contribution in [2.24, 2.45) is 0 Å². The van der Waals surface area contributed by atoms with E-state index in [1.807, 2.05) is 6.92 Å². The molecule has 0 spiro atoms. The summed E-state index contributed by atoms with van der Waals surface area (Å²) in [6, 6.07) is 9.60. The van der Waals surface area contributed by atoms with Gasteiger partial charge in [0.05, 0.1) is 11.9 Å². The first-order valence-electron chi connectivity index (χ1n) is 8.59. The van der Waals surface area contributed by atoms with Crippen molar-refractivity contribution >= 4 is 10.0 Å². The monoisotopic (exact) mass is 405 g/mol. The molecule has 0 fully saturated rings. The number of aromatic nitrogens is 2. The van der Waals surface area contributed by atoms with Gasteiger partial charge in [-0.15, -0.1) is 0 Å². The summed E-state index contributed by atoms with van der Waals surface area (Å²) < 4.78 is 42.2. The molecule has 2 N–H and O–H groups in total. The number of nitrogens with zero attached hydrogens (tertiary/aromatic N) is 3. The predicted octanol–water partition coefficient (Wildman–Crippen LogP) is 3.12. The molecule has 0 saturated heterocycles. The van der Waals surface area contributed by atoms with Crippen LogP contribution in [-0.2, 0) is 10.0 Å². The van der Waals surface area contributed by atoms with Crippen LogP contribution in [0.4, 0.5) is 4.39 Å². The van der Waals surface area contributed by atoms with Crippen molar-refractivity contribution in [3.8, 4) is 28.4 Å². The fraction of sp³-hybridized carbons (Fsp3) is 0.211. The number of para-hydroxylation sites is 1. The zero-order valence-corrected chi connectivity index (χ0v) is 16.2. The third kappa shape index (κ3) is 3.46. The Bertz CT molecular complexity index is 1110. The van der Waals surface area contributed by atoms with Crippen LogP contribution in [0.25, 0.3) is 16.9 Å². The fourth-order valence-corrected chi connectivity index (χ4v) is 4.24. The topological polar surface area (TPSA) is 95.7 Å². The lowest BCUT2D eigenvalue weighted by molar-refractivity contribution is 0.430. The number of aromatic hydroxyl groups is 2. The molecule has 28 heavy (non-hydrogen) atoms. The van der Waals surface area contributed by atoms with Crippen LogP contribution in [0.3, 0.4) is 0 Å². The Hall–Kier alpha value is -2.91. The number of hydrogen-bond acceptors (Lipinski definition) is 5. The average Bonchev–Trinajstić information content (AvgIpc) is 3.11. The molecule has 0 unspecified atom stereocenters. The smallest absolute Gasteiger partial charge is 0.246 e. The summed E-state index contributed by atoms with van der Waals surface area (Å²) >= 11 is 0. The largest absolute Gasteiger partial charge is 0.507 e. The van der Waals surface area contributed by atoms with Gasteiger partial charge in [0.25, 0.3) is 0 Å². The van der Waals surface area contributed by atoms with Gasteiger partial charge in [0.1, 0.15) is 27.9 Å². The summed E-state index contributed by atoms with van der Waals surface area (Å²) in [7, 11) is -2.57. The van der Waals surface area contributed by atoms with Gasteiger partial charge in [-0.25, -0.2) is 21.8 Å². The summed E-state index contributed by atoms with van der Waals surface area (Å²) in [5.41, 5.74) is 0.515. The summed E-state index contributed by atoms with van der Waals surface area (Å²) in [6.07, 6.45) is 2.01. The third-order valence-corrected chi connectivity index (χ3v) is 6.19. The Kier molecular flexibility index (Phi) is 5.39. The highest BCUT2D eigenvalue weighted by molar-refractivity contribution is 7.89. The van der Waals surface area contributed by atoms with E-state index in [0.717, 1.165) is 10.4 Å². The highest BCUT2D eigenvalue weighted by atomic mass is 32.2. The summed E-state index contributed by atoms with van der Waals surface area (Å²) in [5, 5.41) is 24.6. The highest BCUT2D eigenvalue weighted by Gasteiger charge is 2.26. The second-order valence-corrected chi connectivity index (χ2v) is 8.26. The van der Waals surface area contributed by atoms with E-state index in [-0.39, 0.29) is 34.1 Å². The van der Waals surface area contributed by atoms with E-state index < -0.39 is 21.6 Å². The average molecular weight is 405 g/mol. The van der Waals surface area contributed by atoms with E-state index in [2.05, 4.69) is 5.10 Å². The lowest BCUT2D eigenvalue weighted by atomic mass is 10.1. The minimum absolute atomic E-state index is 0.0991. The molecule has 148 valence electrons. The minimum atomic E-state index is -3.98. The van der Waals surface area contributed by atoms with Crippen LogP contribution in [0.5, 0.6) is 11.5 Å². The first-order chi connectivity index (χ1) is 13.3. The van der Waals surface area contributed by atoms with E-state index in [1.165, 1.54) is 48.3 Å². The highest BCUT2D eigenvalue weighted by Crippen LogP contribution is 2.38. The Labute approximate surface area is 162 Å². The lowest BCUT2D eigenvalue weighted by Crippen LogP contribution is -2.27. The van der Waals surface area contributed by atoms with E-state index in [0.29, 0.717) is 6.42 Å². The van der Waals surface area contributed by atoms with Crippen LogP contribution >= 0.6 is 0 Å². The number of halogens is 1. The number of rotatable bonds is 6. The first-order valence-corrected chi connectivity index (χ1v) is 10.0. The second-order valence-electron chi connectivity index (χ2n) is 6.24. The molecule has 7 nitrogen and oxygen atoms in total. The van der Waals surface area contributed by atoms with Gasteiger partial charge in [0.2, 0.25) is 10.0 Å². The van der Waals surface area contributed by atoms with Crippen molar-refractivity contribution in [2.75, 3.05) is 13.6 Å². The van der Waals surface area contributed by atoms with Crippen molar-refractivity contribution in [2.45, 2.75) is 18.2 Å². The molecule has 0 bridgehead atoms. The van der Waals surface area contributed by atoms with Gasteiger partial charge >= 0.3 is 0 Å². The maximum atomic E-state index is 14.2. The van der Waals surface area contributed by atoms with Crippen molar-refractivity contribution < 1.29 is 23.0 Å². The van der Waals surface area contributed by atoms with Gasteiger partial charge in [0, 0.05) is 25.2 Å². The van der Waals surface area contributed by atoms with Crippen LogP contribution < -0.4 is 0 Å². The molecule has 0 aliphatic carbocycles. The van der Waals surface area contributed by atoms with E-state index in [4.69, 9.17) is 0 Å². The van der Waals surface area contributed by atoms with Crippen molar-refractivity contribution in [1.29, 1.82) is 0 Å². The molecule has 0 amide bonds. The molecular weight excluding hydrogens is 385 g/mol. The van der Waals surface area contributed by atoms with Gasteiger partial charge in [0.15, 0.2) is 0 Å². The van der Waals surface area contributed by atoms with E-state index in [1.54, 1.807) is 6.07 Å². The molecule has 0 atom stereocenters. The van der Waals surface area contributed by atoms with Crippen LogP contribution in [0.2, 0.25) is 0 Å². The number of hydrogen-bond donors (Lipinski definition) is 2. The summed E-state index contributed by atoms with van der Waals surface area (Å²) in [5.74, 6) is -1.45. The van der Waals surface area contributed by atoms with Gasteiger partial charge in [-0.1, -0.05) is 19.1 Å². The number of benzene rings is 2. The Balaban J connectivity index is 2.19. The van der Waals surface area contributed by atoms with Crippen LogP contribution in [-0.4, -0.2) is 46.3 Å². The Morgan fingerprint density at radius 3 is 2.54 bits per heavy atom. The molecule has 2 aromatic carbocycles. The Morgan fingerprint density at radius 1 is 1.14 bits per heavy atom. The molecule has 1 heterocycles. The summed E-state index contributed by atoms with van der Waals surface area (Å²) in [6.45, 7) is 2.10. The molecule has 0 saturated carbocycles. The normalized spacial score (nSPS) is 11.9. The van der Waals surface area contributed by atoms with Crippen molar-refractivity contribution in [3.63, 3.8) is 0 Å². The number of phenols is 2. The quantitative estimate of drug-likeness (QED) is 0.657. The first kappa shape index (κ1) is 19.8. The molecule has 1 aromatic heterocycles. The van der Waals surface area contributed by atoms with E-state index in [9.17, 15) is 23.0 Å². The van der Waals surface area contributed by atoms with Crippen LogP contribution in [0, 0.1) is 5.82 Å². The second kappa shape index (κ2) is 7.61. The predicted molar refractivity (Wildman–Crippen MR) is 102 cm³/mol. The third-order valence-electron chi connectivity index (χ3n) is 4.30. The fourth-order valence-electron chi connectivity index (χ4n) is 2.89. The molecule has 0 aliphatic rings. The van der Waals surface area contributed by atoms with Crippen molar-refractivity contribution in [3.05, 3.63) is 54.5 Å².